The van der Waals surface area contributed by atoms with Crippen LogP contribution < -0.4 is 10.2 Å². The van der Waals surface area contributed by atoms with Crippen molar-refractivity contribution in [3.8, 4) is 0 Å². The molecule has 30 heavy (non-hydrogen) atoms. The molecule has 0 spiro atoms. The van der Waals surface area contributed by atoms with Crippen LogP contribution in [0, 0.1) is 0 Å². The number of rotatable bonds is 6. The largest absolute Gasteiger partial charge is 0.357 e. The summed E-state index contributed by atoms with van der Waals surface area (Å²) >= 11 is 0. The van der Waals surface area contributed by atoms with Crippen molar-refractivity contribution in [1.82, 2.24) is 19.5 Å². The zero-order chi connectivity index (χ0) is 21.6. The molecule has 1 aromatic carbocycles. The van der Waals surface area contributed by atoms with Gasteiger partial charge in [-0.3, -0.25) is 0 Å². The molecule has 0 aliphatic carbocycles. The number of piperazine rings is 1. The van der Waals surface area contributed by atoms with Gasteiger partial charge in [0.1, 0.15) is 5.82 Å². The average molecular weight is 431 g/mol. The maximum atomic E-state index is 12.6. The van der Waals surface area contributed by atoms with E-state index < -0.39 is 10.0 Å². The zero-order valence-corrected chi connectivity index (χ0v) is 18.6. The minimum atomic E-state index is -3.51. The highest BCUT2D eigenvalue weighted by Gasteiger charge is 2.22. The maximum absolute atomic E-state index is 12.6. The summed E-state index contributed by atoms with van der Waals surface area (Å²) < 4.78 is 26.5. The number of nitrogens with one attached hydrogen (secondary N) is 1. The highest BCUT2D eigenvalue weighted by Crippen LogP contribution is 2.19. The molecule has 1 fully saturated rings. The van der Waals surface area contributed by atoms with Gasteiger partial charge in [-0.15, -0.1) is 0 Å². The van der Waals surface area contributed by atoms with Gasteiger partial charge in [-0.05, 0) is 30.7 Å². The molecule has 1 aliphatic rings. The third kappa shape index (κ3) is 5.09. The number of aromatic nitrogens is 1. The number of hydrogen-bond donors (Lipinski definition) is 1. The number of guanidine groups is 1. The fourth-order valence-corrected chi connectivity index (χ4v) is 4.46. The van der Waals surface area contributed by atoms with Crippen LogP contribution >= 0.6 is 0 Å². The summed E-state index contributed by atoms with van der Waals surface area (Å²) in [6.45, 7) is 6.42. The molecule has 2 aromatic rings. The van der Waals surface area contributed by atoms with Crippen LogP contribution in [-0.2, 0) is 16.6 Å². The molecule has 9 heteroatoms. The minimum absolute atomic E-state index is 0.298. The third-order valence-corrected chi connectivity index (χ3v) is 6.93. The zero-order valence-electron chi connectivity index (χ0n) is 17.8. The highest BCUT2D eigenvalue weighted by atomic mass is 32.2. The van der Waals surface area contributed by atoms with Crippen molar-refractivity contribution in [2.75, 3.05) is 51.7 Å². The molecule has 8 nitrogen and oxygen atoms in total. The topological polar surface area (TPSA) is 81.1 Å². The summed E-state index contributed by atoms with van der Waals surface area (Å²) in [5, 5.41) is 3.34. The quantitative estimate of drug-likeness (QED) is 0.554. The first-order valence-corrected chi connectivity index (χ1v) is 11.6. The number of hydrogen-bond acceptors (Lipinski definition) is 5. The van der Waals surface area contributed by atoms with Gasteiger partial charge >= 0.3 is 0 Å². The molecule has 1 aromatic heterocycles. The first kappa shape index (κ1) is 22.0. The van der Waals surface area contributed by atoms with Gasteiger partial charge in [-0.25, -0.2) is 22.7 Å². The molecule has 162 valence electrons. The van der Waals surface area contributed by atoms with Crippen molar-refractivity contribution >= 4 is 21.8 Å². The Hall–Kier alpha value is -2.65. The molecular weight excluding hydrogens is 400 g/mol. The van der Waals surface area contributed by atoms with Crippen molar-refractivity contribution in [3.05, 3.63) is 54.2 Å². The van der Waals surface area contributed by atoms with Gasteiger partial charge in [0.25, 0.3) is 0 Å². The lowest BCUT2D eigenvalue weighted by atomic mass is 10.2. The Bertz CT molecular complexity index is 954. The SMILES string of the molecule is CCNC(=NCc1ccccc1S(=O)(=O)N(C)C)N1CCN(c2ccccn2)CC1. The summed E-state index contributed by atoms with van der Waals surface area (Å²) in [6, 6.07) is 13.0. The fourth-order valence-electron chi connectivity index (χ4n) is 3.36. The number of sulfonamides is 1. The summed E-state index contributed by atoms with van der Waals surface area (Å²) in [6.07, 6.45) is 1.81. The van der Waals surface area contributed by atoms with E-state index in [1.807, 2.05) is 43.5 Å². The molecule has 0 unspecified atom stereocenters. The van der Waals surface area contributed by atoms with Gasteiger partial charge in [0.2, 0.25) is 10.0 Å². The van der Waals surface area contributed by atoms with Crippen LogP contribution in [-0.4, -0.2) is 75.4 Å². The summed E-state index contributed by atoms with van der Waals surface area (Å²) in [5.41, 5.74) is 0.689. The number of benzene rings is 1. The number of pyridine rings is 1. The first-order valence-electron chi connectivity index (χ1n) is 10.1. The minimum Gasteiger partial charge on any atom is -0.357 e. The van der Waals surface area contributed by atoms with Crippen molar-refractivity contribution in [2.45, 2.75) is 18.4 Å². The van der Waals surface area contributed by atoms with Crippen LogP contribution in [0.5, 0.6) is 0 Å². The summed E-state index contributed by atoms with van der Waals surface area (Å²) in [5.74, 6) is 1.79. The Morgan fingerprint density at radius 3 is 2.43 bits per heavy atom. The second-order valence-corrected chi connectivity index (χ2v) is 9.35. The molecule has 1 N–H and O–H groups in total. The van der Waals surface area contributed by atoms with Crippen molar-refractivity contribution in [2.24, 2.45) is 4.99 Å². The van der Waals surface area contributed by atoms with E-state index in [2.05, 4.69) is 20.1 Å². The van der Waals surface area contributed by atoms with Gasteiger partial charge in [-0.2, -0.15) is 0 Å². The average Bonchev–Trinajstić information content (AvgIpc) is 2.77. The molecule has 0 saturated carbocycles. The summed E-state index contributed by atoms with van der Waals surface area (Å²) in [7, 11) is -0.430. The molecular formula is C21H30N6O2S. The molecule has 0 atom stereocenters. The Labute approximate surface area is 179 Å². The monoisotopic (exact) mass is 430 g/mol. The van der Waals surface area contributed by atoms with Gasteiger partial charge in [0.15, 0.2) is 5.96 Å². The standard InChI is InChI=1S/C21H30N6O2S/c1-4-22-21(27-15-13-26(14-16-27)20-11-7-8-12-23-20)24-17-18-9-5-6-10-19(18)30(28,29)25(2)3/h5-12H,4,13-17H2,1-3H3,(H,22,24). The lowest BCUT2D eigenvalue weighted by molar-refractivity contribution is 0.371. The van der Waals surface area contributed by atoms with Crippen LogP contribution in [0.4, 0.5) is 5.82 Å². The number of nitrogens with zero attached hydrogens (tertiary/aromatic N) is 5. The second-order valence-electron chi connectivity index (χ2n) is 7.23. The van der Waals surface area contributed by atoms with E-state index in [9.17, 15) is 8.42 Å². The lowest BCUT2D eigenvalue weighted by Gasteiger charge is -2.37. The Kier molecular flexibility index (Phi) is 7.28. The normalized spacial score (nSPS) is 15.5. The fraction of sp³-hybridized carbons (Fsp3) is 0.429. The van der Waals surface area contributed by atoms with E-state index in [1.54, 1.807) is 26.2 Å². The van der Waals surface area contributed by atoms with E-state index in [4.69, 9.17) is 4.99 Å². The highest BCUT2D eigenvalue weighted by molar-refractivity contribution is 7.89. The van der Waals surface area contributed by atoms with Crippen LogP contribution in [0.2, 0.25) is 0 Å². The van der Waals surface area contributed by atoms with Gasteiger partial charge < -0.3 is 15.1 Å². The summed E-state index contributed by atoms with van der Waals surface area (Å²) in [4.78, 5) is 14.0. The maximum Gasteiger partial charge on any atom is 0.242 e. The van der Waals surface area contributed by atoms with E-state index in [-0.39, 0.29) is 0 Å². The lowest BCUT2D eigenvalue weighted by Crippen LogP contribution is -2.52. The molecule has 0 amide bonds. The van der Waals surface area contributed by atoms with Crippen molar-refractivity contribution in [1.29, 1.82) is 0 Å². The number of anilines is 1. The third-order valence-electron chi connectivity index (χ3n) is 5.02. The molecule has 1 saturated heterocycles. The van der Waals surface area contributed by atoms with Gasteiger partial charge in [-0.1, -0.05) is 24.3 Å². The van der Waals surface area contributed by atoms with Crippen LogP contribution in [0.1, 0.15) is 12.5 Å². The van der Waals surface area contributed by atoms with E-state index in [0.717, 1.165) is 44.5 Å². The second kappa shape index (κ2) is 9.90. The van der Waals surface area contributed by atoms with E-state index in [1.165, 1.54) is 4.31 Å². The smallest absolute Gasteiger partial charge is 0.242 e. The molecule has 1 aliphatic heterocycles. The van der Waals surface area contributed by atoms with E-state index in [0.29, 0.717) is 17.0 Å². The molecule has 0 radical (unpaired) electrons. The van der Waals surface area contributed by atoms with Crippen LogP contribution in [0.25, 0.3) is 0 Å². The Morgan fingerprint density at radius 1 is 1.10 bits per heavy atom. The first-order chi connectivity index (χ1) is 14.4. The van der Waals surface area contributed by atoms with Crippen molar-refractivity contribution in [3.63, 3.8) is 0 Å². The van der Waals surface area contributed by atoms with Crippen LogP contribution in [0.3, 0.4) is 0 Å². The van der Waals surface area contributed by atoms with E-state index >= 15 is 0 Å². The van der Waals surface area contributed by atoms with Gasteiger partial charge in [0.05, 0.1) is 11.4 Å². The molecule has 2 heterocycles. The van der Waals surface area contributed by atoms with Crippen LogP contribution in [0.15, 0.2) is 58.5 Å². The Balaban J connectivity index is 1.74. The molecule has 3 rings (SSSR count). The predicted molar refractivity (Wildman–Crippen MR) is 120 cm³/mol. The predicted octanol–water partition coefficient (Wildman–Crippen LogP) is 1.62. The Morgan fingerprint density at radius 2 is 1.80 bits per heavy atom. The van der Waals surface area contributed by atoms with Gasteiger partial charge in [0, 0.05) is 53.0 Å². The number of aliphatic imine (C=N–C) groups is 1. The van der Waals surface area contributed by atoms with Crippen molar-refractivity contribution < 1.29 is 8.42 Å². The molecule has 0 bridgehead atoms.